The minimum atomic E-state index is -1.31. The minimum absolute atomic E-state index is 0.380. The van der Waals surface area contributed by atoms with Crippen molar-refractivity contribution in [3.63, 3.8) is 0 Å². The highest BCUT2D eigenvalue weighted by Crippen LogP contribution is 2.30. The van der Waals surface area contributed by atoms with Crippen molar-refractivity contribution in [3.8, 4) is 0 Å². The van der Waals surface area contributed by atoms with Crippen LogP contribution in [0, 0.1) is 22.9 Å². The van der Waals surface area contributed by atoms with Gasteiger partial charge in [0.25, 0.3) is 0 Å². The molecule has 1 amide bonds. The van der Waals surface area contributed by atoms with E-state index in [4.69, 9.17) is 5.73 Å². The summed E-state index contributed by atoms with van der Waals surface area (Å²) in [4.78, 5) is 12.1. The maximum Gasteiger partial charge on any atom is 0.231 e. The molecule has 3 nitrogen and oxygen atoms in total. The minimum Gasteiger partial charge on any atom is -0.325 e. The summed E-state index contributed by atoms with van der Waals surface area (Å²) in [7, 11) is 0. The number of rotatable bonds is 3. The summed E-state index contributed by atoms with van der Waals surface area (Å²) in [5.74, 6) is -4.17. The van der Waals surface area contributed by atoms with Crippen LogP contribution >= 0.6 is 0 Å². The van der Waals surface area contributed by atoms with Crippen molar-refractivity contribution in [2.45, 2.75) is 33.2 Å². The van der Waals surface area contributed by atoms with Crippen molar-refractivity contribution in [1.29, 1.82) is 0 Å². The van der Waals surface area contributed by atoms with E-state index in [1.807, 2.05) is 0 Å². The Kier molecular flexibility index (Phi) is 3.95. The van der Waals surface area contributed by atoms with Gasteiger partial charge in [0.15, 0.2) is 11.6 Å². The number of nitrogens with two attached hydrogens (primary N) is 1. The van der Waals surface area contributed by atoms with E-state index in [0.717, 1.165) is 0 Å². The molecule has 0 spiro atoms. The fourth-order valence-corrected chi connectivity index (χ4v) is 1.19. The quantitative estimate of drug-likeness (QED) is 0.833. The van der Waals surface area contributed by atoms with Gasteiger partial charge in [-0.05, 0) is 27.7 Å². The van der Waals surface area contributed by atoms with Gasteiger partial charge in [0, 0.05) is 17.7 Å². The fourth-order valence-electron chi connectivity index (χ4n) is 1.19. The molecule has 3 N–H and O–H groups in total. The lowest BCUT2D eigenvalue weighted by atomic mass is 9.74. The molecule has 1 aromatic rings. The van der Waals surface area contributed by atoms with Gasteiger partial charge in [-0.1, -0.05) is 0 Å². The SMILES string of the molecule is CC(C)(N)C(C)(C)C(=O)Nc1cc(F)c(F)cc1F. The Balaban J connectivity index is 3.05. The van der Waals surface area contributed by atoms with Crippen molar-refractivity contribution in [2.24, 2.45) is 11.1 Å². The molecule has 0 aromatic heterocycles. The van der Waals surface area contributed by atoms with Crippen LogP contribution < -0.4 is 11.1 Å². The van der Waals surface area contributed by atoms with Crippen LogP contribution in [0.15, 0.2) is 12.1 Å². The van der Waals surface area contributed by atoms with Gasteiger partial charge in [-0.2, -0.15) is 0 Å². The molecule has 1 rings (SSSR count). The first-order valence-electron chi connectivity index (χ1n) is 5.71. The summed E-state index contributed by atoms with van der Waals surface area (Å²) < 4.78 is 39.2. The third kappa shape index (κ3) is 3.07. The molecule has 0 saturated carbocycles. The van der Waals surface area contributed by atoms with Crippen molar-refractivity contribution >= 4 is 11.6 Å². The van der Waals surface area contributed by atoms with Crippen molar-refractivity contribution in [3.05, 3.63) is 29.6 Å². The first-order chi connectivity index (χ1) is 8.46. The van der Waals surface area contributed by atoms with E-state index in [-0.39, 0.29) is 0 Å². The molecule has 6 heteroatoms. The second kappa shape index (κ2) is 4.85. The number of anilines is 1. The zero-order valence-corrected chi connectivity index (χ0v) is 11.3. The largest absolute Gasteiger partial charge is 0.325 e. The van der Waals surface area contributed by atoms with Crippen LogP contribution in [-0.2, 0) is 4.79 Å². The van der Waals surface area contributed by atoms with E-state index in [1.54, 1.807) is 27.7 Å². The summed E-state index contributed by atoms with van der Waals surface area (Å²) in [6.07, 6.45) is 0. The summed E-state index contributed by atoms with van der Waals surface area (Å²) >= 11 is 0. The van der Waals surface area contributed by atoms with Gasteiger partial charge in [-0.3, -0.25) is 4.79 Å². The summed E-state index contributed by atoms with van der Waals surface area (Å²) in [6, 6.07) is 0.980. The molecule has 0 aliphatic rings. The van der Waals surface area contributed by atoms with Crippen LogP contribution in [0.2, 0.25) is 0 Å². The maximum atomic E-state index is 13.4. The predicted molar refractivity (Wildman–Crippen MR) is 67.0 cm³/mol. The number of hydrogen-bond acceptors (Lipinski definition) is 2. The van der Waals surface area contributed by atoms with Gasteiger partial charge in [0.05, 0.1) is 11.1 Å². The number of carbonyl (C=O) groups excluding carboxylic acids is 1. The second-order valence-corrected chi connectivity index (χ2v) is 5.55. The number of halogens is 3. The van der Waals surface area contributed by atoms with Gasteiger partial charge >= 0.3 is 0 Å². The van der Waals surface area contributed by atoms with E-state index < -0.39 is 40.0 Å². The second-order valence-electron chi connectivity index (χ2n) is 5.55. The molecule has 0 bridgehead atoms. The molecule has 0 atom stereocenters. The number of amides is 1. The first-order valence-corrected chi connectivity index (χ1v) is 5.71. The van der Waals surface area contributed by atoms with Crippen LogP contribution in [0.3, 0.4) is 0 Å². The molecule has 106 valence electrons. The molecular formula is C13H17F3N2O. The molecule has 1 aromatic carbocycles. The predicted octanol–water partition coefficient (Wildman–Crippen LogP) is 2.81. The topological polar surface area (TPSA) is 55.1 Å². The zero-order valence-electron chi connectivity index (χ0n) is 11.3. The van der Waals surface area contributed by atoms with Crippen LogP contribution in [0.5, 0.6) is 0 Å². The molecule has 0 heterocycles. The third-order valence-corrected chi connectivity index (χ3v) is 3.44. The molecule has 0 radical (unpaired) electrons. The van der Waals surface area contributed by atoms with Gasteiger partial charge < -0.3 is 11.1 Å². The van der Waals surface area contributed by atoms with Crippen molar-refractivity contribution in [2.75, 3.05) is 5.32 Å². The lowest BCUT2D eigenvalue weighted by Gasteiger charge is -2.36. The van der Waals surface area contributed by atoms with E-state index in [0.29, 0.717) is 12.1 Å². The van der Waals surface area contributed by atoms with E-state index in [1.165, 1.54) is 0 Å². The Bertz CT molecular complexity index is 507. The number of nitrogens with one attached hydrogen (secondary N) is 1. The Morgan fingerprint density at radius 1 is 1.05 bits per heavy atom. The standard InChI is InChI=1S/C13H17F3N2O/c1-12(2,13(3,4)17)11(19)18-10-6-8(15)7(14)5-9(10)16/h5-6H,17H2,1-4H3,(H,18,19). The van der Waals surface area contributed by atoms with Crippen LogP contribution in [-0.4, -0.2) is 11.4 Å². The van der Waals surface area contributed by atoms with E-state index >= 15 is 0 Å². The van der Waals surface area contributed by atoms with Gasteiger partial charge in [0.1, 0.15) is 5.82 Å². The van der Waals surface area contributed by atoms with Gasteiger partial charge in [-0.25, -0.2) is 13.2 Å². The lowest BCUT2D eigenvalue weighted by Crippen LogP contribution is -2.53. The molecule has 0 aliphatic heterocycles. The Morgan fingerprint density at radius 3 is 2.00 bits per heavy atom. The van der Waals surface area contributed by atoms with Crippen LogP contribution in [0.4, 0.5) is 18.9 Å². The van der Waals surface area contributed by atoms with E-state index in [2.05, 4.69) is 5.32 Å². The Morgan fingerprint density at radius 2 is 1.53 bits per heavy atom. The van der Waals surface area contributed by atoms with Gasteiger partial charge in [-0.15, -0.1) is 0 Å². The zero-order chi connectivity index (χ0) is 15.0. The molecule has 0 aliphatic carbocycles. The number of carbonyl (C=O) groups is 1. The average molecular weight is 274 g/mol. The normalized spacial score (nSPS) is 12.4. The summed E-state index contributed by atoms with van der Waals surface area (Å²) in [5.41, 5.74) is 3.56. The molecular weight excluding hydrogens is 257 g/mol. The van der Waals surface area contributed by atoms with Crippen molar-refractivity contribution in [1.82, 2.24) is 0 Å². The monoisotopic (exact) mass is 274 g/mol. The molecule has 0 saturated heterocycles. The number of benzene rings is 1. The lowest BCUT2D eigenvalue weighted by molar-refractivity contribution is -0.126. The summed E-state index contributed by atoms with van der Waals surface area (Å²) in [6.45, 7) is 6.46. The Labute approximate surface area is 110 Å². The maximum absolute atomic E-state index is 13.4. The highest BCUT2D eigenvalue weighted by atomic mass is 19.2. The molecule has 0 unspecified atom stereocenters. The average Bonchev–Trinajstić information content (AvgIpc) is 2.24. The third-order valence-electron chi connectivity index (χ3n) is 3.44. The molecule has 0 fully saturated rings. The first kappa shape index (κ1) is 15.5. The highest BCUT2D eigenvalue weighted by Gasteiger charge is 2.40. The van der Waals surface area contributed by atoms with Crippen LogP contribution in [0.1, 0.15) is 27.7 Å². The molecule has 19 heavy (non-hydrogen) atoms. The van der Waals surface area contributed by atoms with Crippen LogP contribution in [0.25, 0.3) is 0 Å². The van der Waals surface area contributed by atoms with Gasteiger partial charge in [0.2, 0.25) is 5.91 Å². The Hall–Kier alpha value is -1.56. The van der Waals surface area contributed by atoms with E-state index in [9.17, 15) is 18.0 Å². The summed E-state index contributed by atoms with van der Waals surface area (Å²) in [5, 5.41) is 2.22. The smallest absolute Gasteiger partial charge is 0.231 e. The number of hydrogen-bond donors (Lipinski definition) is 2. The fraction of sp³-hybridized carbons (Fsp3) is 0.462. The van der Waals surface area contributed by atoms with Crippen molar-refractivity contribution < 1.29 is 18.0 Å². The highest BCUT2D eigenvalue weighted by molar-refractivity contribution is 5.95.